The molecule has 0 unspecified atom stereocenters. The van der Waals surface area contributed by atoms with Crippen molar-refractivity contribution in [1.29, 1.82) is 0 Å². The maximum absolute atomic E-state index is 10.5. The lowest BCUT2D eigenvalue weighted by atomic mass is 10.2. The molecule has 6 heteroatoms. The molecule has 0 aliphatic rings. The van der Waals surface area contributed by atoms with Crippen LogP contribution < -0.4 is 11.5 Å². The number of nitrogens with zero attached hydrogens (tertiary/aromatic N) is 1. The number of nitrogens with two attached hydrogens (primary N) is 2. The molecule has 66 valence electrons. The highest BCUT2D eigenvalue weighted by atomic mass is 127. The summed E-state index contributed by atoms with van der Waals surface area (Å²) in [6.45, 7) is 0. The molecule has 0 aromatic carbocycles. The first-order valence-electron chi connectivity index (χ1n) is 3.24. The third kappa shape index (κ3) is 2.68. The molecule has 1 aromatic heterocycles. The smallest absolute Gasteiger partial charge is 0.219 e. The lowest BCUT2D eigenvalue weighted by Gasteiger charge is -2.03. The largest absolute Gasteiger partial charge is 0.370 e. The Morgan fingerprint density at radius 3 is 2.92 bits per heavy atom. The van der Waals surface area contributed by atoms with Crippen molar-refractivity contribution in [2.45, 2.75) is 12.5 Å². The van der Waals surface area contributed by atoms with Crippen LogP contribution in [0, 0.1) is 2.88 Å². The highest BCUT2D eigenvalue weighted by molar-refractivity contribution is 14.1. The van der Waals surface area contributed by atoms with E-state index < -0.39 is 5.91 Å². The van der Waals surface area contributed by atoms with E-state index in [1.54, 1.807) is 6.20 Å². The summed E-state index contributed by atoms with van der Waals surface area (Å²) in [7, 11) is 0. The average Bonchev–Trinajstić information content (AvgIpc) is 2.34. The Morgan fingerprint density at radius 2 is 2.50 bits per heavy atom. The third-order valence-electron chi connectivity index (χ3n) is 1.23. The molecule has 1 atom stereocenters. The van der Waals surface area contributed by atoms with Crippen molar-refractivity contribution < 1.29 is 4.79 Å². The molecule has 0 aliphatic carbocycles. The summed E-state index contributed by atoms with van der Waals surface area (Å²) in [6.07, 6.45) is 1.88. The summed E-state index contributed by atoms with van der Waals surface area (Å²) in [4.78, 5) is 14.6. The molecular formula is C6H8IN3OS. The molecule has 12 heavy (non-hydrogen) atoms. The normalized spacial score (nSPS) is 12.8. The van der Waals surface area contributed by atoms with E-state index in [-0.39, 0.29) is 12.5 Å². The van der Waals surface area contributed by atoms with Crippen LogP contribution >= 0.6 is 33.9 Å². The van der Waals surface area contributed by atoms with Crippen molar-refractivity contribution in [2.75, 3.05) is 0 Å². The highest BCUT2D eigenvalue weighted by Gasteiger charge is 2.12. The van der Waals surface area contributed by atoms with Gasteiger partial charge in [0.15, 0.2) is 0 Å². The van der Waals surface area contributed by atoms with Crippen molar-refractivity contribution in [3.8, 4) is 0 Å². The van der Waals surface area contributed by atoms with Crippen LogP contribution in [-0.4, -0.2) is 10.9 Å². The van der Waals surface area contributed by atoms with E-state index in [0.717, 1.165) is 7.89 Å². The van der Waals surface area contributed by atoms with Gasteiger partial charge in [-0.2, -0.15) is 0 Å². The number of hydrogen-bond donors (Lipinski definition) is 2. The predicted molar refractivity (Wildman–Crippen MR) is 55.6 cm³/mol. The number of carbonyl (C=O) groups excluding carboxylic acids is 1. The van der Waals surface area contributed by atoms with Crippen molar-refractivity contribution in [2.24, 2.45) is 11.5 Å². The van der Waals surface area contributed by atoms with Gasteiger partial charge in [-0.1, -0.05) is 0 Å². The Balaban J connectivity index is 2.64. The van der Waals surface area contributed by atoms with Crippen molar-refractivity contribution >= 4 is 39.8 Å². The average molecular weight is 297 g/mol. The first-order valence-corrected chi connectivity index (χ1v) is 5.14. The molecular weight excluding hydrogens is 289 g/mol. The quantitative estimate of drug-likeness (QED) is 0.803. The fourth-order valence-corrected chi connectivity index (χ4v) is 2.20. The van der Waals surface area contributed by atoms with Crippen molar-refractivity contribution in [3.63, 3.8) is 0 Å². The molecule has 1 rings (SSSR count). The monoisotopic (exact) mass is 297 g/mol. The summed E-state index contributed by atoms with van der Waals surface area (Å²) >= 11 is 3.63. The molecule has 1 amide bonds. The maximum atomic E-state index is 10.5. The Bertz CT molecular complexity index is 288. The van der Waals surface area contributed by atoms with Gasteiger partial charge in [0.05, 0.1) is 15.1 Å². The Labute approximate surface area is 87.5 Å². The second kappa shape index (κ2) is 4.15. The Hall–Kier alpha value is -0.210. The van der Waals surface area contributed by atoms with Gasteiger partial charge in [0, 0.05) is 6.42 Å². The van der Waals surface area contributed by atoms with E-state index in [1.165, 1.54) is 11.3 Å². The minimum absolute atomic E-state index is 0.156. The van der Waals surface area contributed by atoms with Gasteiger partial charge >= 0.3 is 0 Å². The molecule has 1 aromatic rings. The van der Waals surface area contributed by atoms with Gasteiger partial charge in [-0.15, -0.1) is 11.3 Å². The van der Waals surface area contributed by atoms with Crippen LogP contribution in [0.3, 0.4) is 0 Å². The highest BCUT2D eigenvalue weighted by Crippen LogP contribution is 2.21. The number of rotatable bonds is 3. The number of primary amides is 1. The number of halogens is 1. The van der Waals surface area contributed by atoms with E-state index in [2.05, 4.69) is 27.6 Å². The van der Waals surface area contributed by atoms with Crippen LogP contribution in [0.2, 0.25) is 0 Å². The molecule has 0 saturated heterocycles. The maximum Gasteiger partial charge on any atom is 0.219 e. The summed E-state index contributed by atoms with van der Waals surface area (Å²) in [5.41, 5.74) is 10.6. The first kappa shape index (κ1) is 9.87. The van der Waals surface area contributed by atoms with Crippen molar-refractivity contribution in [1.82, 2.24) is 4.98 Å². The van der Waals surface area contributed by atoms with Gasteiger partial charge in [-0.25, -0.2) is 4.98 Å². The second-order valence-corrected chi connectivity index (χ2v) is 5.24. The molecule has 4 N–H and O–H groups in total. The summed E-state index contributed by atoms with van der Waals surface area (Å²) in [5, 5.41) is 0.762. The van der Waals surface area contributed by atoms with E-state index >= 15 is 0 Å². The SMILES string of the molecule is NC(=O)C[C@H](N)c1ncc(I)s1. The number of thiazole rings is 1. The first-order chi connectivity index (χ1) is 5.59. The second-order valence-electron chi connectivity index (χ2n) is 2.28. The van der Waals surface area contributed by atoms with E-state index in [9.17, 15) is 4.79 Å². The topological polar surface area (TPSA) is 82.0 Å². The number of hydrogen-bond acceptors (Lipinski definition) is 4. The fourth-order valence-electron chi connectivity index (χ4n) is 0.742. The zero-order chi connectivity index (χ0) is 9.14. The van der Waals surface area contributed by atoms with Gasteiger partial charge < -0.3 is 11.5 Å². The number of carbonyl (C=O) groups is 1. The summed E-state index contributed by atoms with van der Waals surface area (Å²) < 4.78 is 1.06. The van der Waals surface area contributed by atoms with Gasteiger partial charge in [0.2, 0.25) is 5.91 Å². The van der Waals surface area contributed by atoms with E-state index in [0.29, 0.717) is 0 Å². The third-order valence-corrected chi connectivity index (χ3v) is 3.09. The number of amides is 1. The van der Waals surface area contributed by atoms with Crippen LogP contribution in [0.5, 0.6) is 0 Å². The molecule has 4 nitrogen and oxygen atoms in total. The Morgan fingerprint density at radius 1 is 1.83 bits per heavy atom. The molecule has 1 heterocycles. The fraction of sp³-hybridized carbons (Fsp3) is 0.333. The van der Waals surface area contributed by atoms with Gasteiger partial charge in [0.25, 0.3) is 0 Å². The van der Waals surface area contributed by atoms with Crippen LogP contribution in [0.1, 0.15) is 17.5 Å². The standard InChI is InChI=1S/C6H8IN3OS/c7-4-2-10-6(12-4)3(8)1-5(9)11/h2-3H,1,8H2,(H2,9,11)/t3-/m0/s1. The van der Waals surface area contributed by atoms with Crippen LogP contribution in [0.4, 0.5) is 0 Å². The molecule has 0 saturated carbocycles. The molecule has 0 bridgehead atoms. The zero-order valence-corrected chi connectivity index (χ0v) is 9.13. The molecule has 0 spiro atoms. The summed E-state index contributed by atoms with van der Waals surface area (Å²) in [5.74, 6) is -0.396. The molecule has 0 radical (unpaired) electrons. The lowest BCUT2D eigenvalue weighted by molar-refractivity contribution is -0.118. The minimum atomic E-state index is -0.396. The van der Waals surface area contributed by atoms with Crippen LogP contribution in [0.15, 0.2) is 6.20 Å². The Kier molecular flexibility index (Phi) is 3.41. The molecule has 0 fully saturated rings. The van der Waals surface area contributed by atoms with Gasteiger partial charge in [-0.05, 0) is 22.6 Å². The summed E-state index contributed by atoms with van der Waals surface area (Å²) in [6, 6.07) is -0.351. The molecule has 0 aliphatic heterocycles. The predicted octanol–water partition coefficient (Wildman–Crippen LogP) is 0.623. The zero-order valence-electron chi connectivity index (χ0n) is 6.16. The minimum Gasteiger partial charge on any atom is -0.370 e. The van der Waals surface area contributed by atoms with Crippen LogP contribution in [0.25, 0.3) is 0 Å². The van der Waals surface area contributed by atoms with Crippen LogP contribution in [-0.2, 0) is 4.79 Å². The van der Waals surface area contributed by atoms with Gasteiger partial charge in [-0.3, -0.25) is 4.79 Å². The lowest BCUT2D eigenvalue weighted by Crippen LogP contribution is -2.20. The number of aromatic nitrogens is 1. The van der Waals surface area contributed by atoms with Crippen molar-refractivity contribution in [3.05, 3.63) is 14.1 Å². The van der Waals surface area contributed by atoms with E-state index in [4.69, 9.17) is 11.5 Å². The van der Waals surface area contributed by atoms with Gasteiger partial charge in [0.1, 0.15) is 5.01 Å². The van der Waals surface area contributed by atoms with E-state index in [1.807, 2.05) is 0 Å².